The van der Waals surface area contributed by atoms with E-state index < -0.39 is 5.97 Å². The summed E-state index contributed by atoms with van der Waals surface area (Å²) in [6.07, 6.45) is 1.42. The first-order valence-corrected chi connectivity index (χ1v) is 7.39. The summed E-state index contributed by atoms with van der Waals surface area (Å²) in [5, 5.41) is 13.9. The number of carboxylic acid groups (broad SMARTS) is 1. The summed E-state index contributed by atoms with van der Waals surface area (Å²) in [6.45, 7) is 2.39. The molecule has 0 aromatic heterocycles. The zero-order valence-electron chi connectivity index (χ0n) is 11.7. The SMILES string of the molecule is CC(CCNC(=O)Nc1ccc(F)cc1Br)CCC(=O)O. The molecule has 0 aliphatic rings. The number of halogens is 2. The Morgan fingerprint density at radius 3 is 2.71 bits per heavy atom. The first-order valence-electron chi connectivity index (χ1n) is 6.60. The molecule has 0 radical (unpaired) electrons. The minimum absolute atomic E-state index is 0.135. The van der Waals surface area contributed by atoms with E-state index in [1.165, 1.54) is 18.2 Å². The molecular weight excluding hydrogens is 343 g/mol. The number of benzene rings is 1. The van der Waals surface area contributed by atoms with Crippen molar-refractivity contribution in [3.8, 4) is 0 Å². The van der Waals surface area contributed by atoms with Crippen molar-refractivity contribution in [3.63, 3.8) is 0 Å². The molecule has 1 unspecified atom stereocenters. The molecule has 21 heavy (non-hydrogen) atoms. The van der Waals surface area contributed by atoms with Gasteiger partial charge in [-0.25, -0.2) is 9.18 Å². The van der Waals surface area contributed by atoms with Gasteiger partial charge in [-0.3, -0.25) is 4.79 Å². The van der Waals surface area contributed by atoms with Crippen molar-refractivity contribution < 1.29 is 19.1 Å². The molecule has 116 valence electrons. The average molecular weight is 361 g/mol. The maximum absolute atomic E-state index is 12.9. The fourth-order valence-electron chi connectivity index (χ4n) is 1.70. The molecule has 0 spiro atoms. The zero-order valence-corrected chi connectivity index (χ0v) is 13.2. The highest BCUT2D eigenvalue weighted by Gasteiger charge is 2.08. The highest BCUT2D eigenvalue weighted by atomic mass is 79.9. The standard InChI is InChI=1S/C14H18BrFN2O3/c1-9(2-5-13(19)20)6-7-17-14(21)18-12-4-3-10(16)8-11(12)15/h3-4,8-9H,2,5-7H2,1H3,(H,19,20)(H2,17,18,21). The number of urea groups is 1. The van der Waals surface area contributed by atoms with Gasteiger partial charge in [0, 0.05) is 17.4 Å². The molecule has 0 bridgehead atoms. The van der Waals surface area contributed by atoms with Crippen LogP contribution in [-0.2, 0) is 4.79 Å². The fourth-order valence-corrected chi connectivity index (χ4v) is 2.15. The Hall–Kier alpha value is -1.63. The lowest BCUT2D eigenvalue weighted by molar-refractivity contribution is -0.137. The number of hydrogen-bond donors (Lipinski definition) is 3. The monoisotopic (exact) mass is 360 g/mol. The minimum atomic E-state index is -0.811. The number of carbonyl (C=O) groups excluding carboxylic acids is 1. The molecule has 1 aromatic rings. The third-order valence-corrected chi connectivity index (χ3v) is 3.61. The summed E-state index contributed by atoms with van der Waals surface area (Å²) in [6, 6.07) is 3.61. The summed E-state index contributed by atoms with van der Waals surface area (Å²) in [4.78, 5) is 22.1. The number of aliphatic carboxylic acids is 1. The first kappa shape index (κ1) is 17.4. The minimum Gasteiger partial charge on any atom is -0.481 e. The molecule has 1 rings (SSSR count). The summed E-state index contributed by atoms with van der Waals surface area (Å²) < 4.78 is 13.4. The highest BCUT2D eigenvalue weighted by molar-refractivity contribution is 9.10. The lowest BCUT2D eigenvalue weighted by Crippen LogP contribution is -2.30. The van der Waals surface area contributed by atoms with Gasteiger partial charge in [0.1, 0.15) is 5.82 Å². The number of anilines is 1. The van der Waals surface area contributed by atoms with E-state index in [0.29, 0.717) is 29.5 Å². The quantitative estimate of drug-likeness (QED) is 0.694. The molecule has 0 saturated heterocycles. The molecular formula is C14H18BrFN2O3. The van der Waals surface area contributed by atoms with Gasteiger partial charge in [-0.1, -0.05) is 6.92 Å². The second-order valence-electron chi connectivity index (χ2n) is 4.83. The van der Waals surface area contributed by atoms with E-state index in [1.54, 1.807) is 0 Å². The Morgan fingerprint density at radius 2 is 2.10 bits per heavy atom. The zero-order chi connectivity index (χ0) is 15.8. The molecule has 0 saturated carbocycles. The Bertz CT molecular complexity index is 511. The molecule has 0 heterocycles. The van der Waals surface area contributed by atoms with Gasteiger partial charge in [0.2, 0.25) is 0 Å². The van der Waals surface area contributed by atoms with Crippen LogP contribution in [0.4, 0.5) is 14.9 Å². The Balaban J connectivity index is 2.29. The number of rotatable bonds is 7. The van der Waals surface area contributed by atoms with Gasteiger partial charge in [-0.15, -0.1) is 0 Å². The molecule has 0 aliphatic heterocycles. The van der Waals surface area contributed by atoms with Crippen molar-refractivity contribution in [1.29, 1.82) is 0 Å². The van der Waals surface area contributed by atoms with Crippen molar-refractivity contribution in [2.75, 3.05) is 11.9 Å². The summed E-state index contributed by atoms with van der Waals surface area (Å²) >= 11 is 3.16. The number of amides is 2. The second-order valence-corrected chi connectivity index (χ2v) is 5.69. The van der Waals surface area contributed by atoms with Crippen molar-refractivity contribution in [2.45, 2.75) is 26.2 Å². The normalized spacial score (nSPS) is 11.8. The third-order valence-electron chi connectivity index (χ3n) is 2.95. The predicted molar refractivity (Wildman–Crippen MR) is 81.8 cm³/mol. The number of nitrogens with one attached hydrogen (secondary N) is 2. The van der Waals surface area contributed by atoms with Gasteiger partial charge in [-0.2, -0.15) is 0 Å². The van der Waals surface area contributed by atoms with Crippen molar-refractivity contribution >= 4 is 33.6 Å². The molecule has 2 amide bonds. The van der Waals surface area contributed by atoms with E-state index in [2.05, 4.69) is 26.6 Å². The Morgan fingerprint density at radius 1 is 1.38 bits per heavy atom. The number of hydrogen-bond acceptors (Lipinski definition) is 2. The van der Waals surface area contributed by atoms with Crippen LogP contribution in [0.25, 0.3) is 0 Å². The van der Waals surface area contributed by atoms with Gasteiger partial charge < -0.3 is 15.7 Å². The maximum Gasteiger partial charge on any atom is 0.319 e. The highest BCUT2D eigenvalue weighted by Crippen LogP contribution is 2.22. The van der Waals surface area contributed by atoms with E-state index in [-0.39, 0.29) is 24.2 Å². The molecule has 5 nitrogen and oxygen atoms in total. The summed E-state index contributed by atoms with van der Waals surface area (Å²) in [5.41, 5.74) is 0.479. The molecule has 7 heteroatoms. The van der Waals surface area contributed by atoms with Gasteiger partial charge in [-0.05, 0) is 52.9 Å². The van der Waals surface area contributed by atoms with Crippen LogP contribution in [-0.4, -0.2) is 23.7 Å². The number of carbonyl (C=O) groups is 2. The van der Waals surface area contributed by atoms with E-state index in [9.17, 15) is 14.0 Å². The van der Waals surface area contributed by atoms with Crippen LogP contribution in [0.1, 0.15) is 26.2 Å². The van der Waals surface area contributed by atoms with Crippen LogP contribution in [0.2, 0.25) is 0 Å². The largest absolute Gasteiger partial charge is 0.481 e. The van der Waals surface area contributed by atoms with E-state index in [0.717, 1.165) is 0 Å². The summed E-state index contributed by atoms with van der Waals surface area (Å²) in [7, 11) is 0. The Kier molecular flexibility index (Phi) is 7.14. The molecule has 1 atom stereocenters. The van der Waals surface area contributed by atoms with Gasteiger partial charge in [0.25, 0.3) is 0 Å². The number of carboxylic acids is 1. The van der Waals surface area contributed by atoms with Crippen LogP contribution in [0.5, 0.6) is 0 Å². The van der Waals surface area contributed by atoms with Crippen molar-refractivity contribution in [1.82, 2.24) is 5.32 Å². The van der Waals surface area contributed by atoms with Crippen LogP contribution >= 0.6 is 15.9 Å². The maximum atomic E-state index is 12.9. The third kappa shape index (κ3) is 7.08. The van der Waals surface area contributed by atoms with Crippen LogP contribution in [0.15, 0.2) is 22.7 Å². The lowest BCUT2D eigenvalue weighted by Gasteiger charge is -2.12. The van der Waals surface area contributed by atoms with Crippen LogP contribution < -0.4 is 10.6 Å². The van der Waals surface area contributed by atoms with E-state index in [1.807, 2.05) is 6.92 Å². The average Bonchev–Trinajstić information content (AvgIpc) is 2.39. The van der Waals surface area contributed by atoms with Crippen molar-refractivity contribution in [3.05, 3.63) is 28.5 Å². The smallest absolute Gasteiger partial charge is 0.319 e. The molecule has 0 fully saturated rings. The van der Waals surface area contributed by atoms with Gasteiger partial charge in [0.15, 0.2) is 0 Å². The lowest BCUT2D eigenvalue weighted by atomic mass is 10.0. The van der Waals surface area contributed by atoms with Crippen LogP contribution in [0.3, 0.4) is 0 Å². The van der Waals surface area contributed by atoms with E-state index >= 15 is 0 Å². The Labute approximate surface area is 131 Å². The molecule has 1 aromatic carbocycles. The van der Waals surface area contributed by atoms with E-state index in [4.69, 9.17) is 5.11 Å². The summed E-state index contributed by atoms with van der Waals surface area (Å²) in [5.74, 6) is -0.979. The predicted octanol–water partition coefficient (Wildman–Crippen LogP) is 3.60. The molecule has 3 N–H and O–H groups in total. The topological polar surface area (TPSA) is 78.4 Å². The fraction of sp³-hybridized carbons (Fsp3) is 0.429. The van der Waals surface area contributed by atoms with Crippen LogP contribution in [0, 0.1) is 11.7 Å². The van der Waals surface area contributed by atoms with Crippen molar-refractivity contribution in [2.24, 2.45) is 5.92 Å². The molecule has 0 aliphatic carbocycles. The second kappa shape index (κ2) is 8.61. The first-order chi connectivity index (χ1) is 9.88. The van der Waals surface area contributed by atoms with Gasteiger partial charge in [0.05, 0.1) is 5.69 Å². The van der Waals surface area contributed by atoms with Gasteiger partial charge >= 0.3 is 12.0 Å².